The summed E-state index contributed by atoms with van der Waals surface area (Å²) < 4.78 is 0. The van der Waals surface area contributed by atoms with Gasteiger partial charge in [0.15, 0.2) is 0 Å². The van der Waals surface area contributed by atoms with Gasteiger partial charge < -0.3 is 20.0 Å². The van der Waals surface area contributed by atoms with Crippen LogP contribution in [0.1, 0.15) is 40.0 Å². The first-order valence-electron chi connectivity index (χ1n) is 7.36. The second-order valence-corrected chi connectivity index (χ2v) is 6.51. The molecule has 118 valence electrons. The number of carboxylic acid groups (broad SMARTS) is 1. The zero-order valence-electron chi connectivity index (χ0n) is 13.0. The lowest BCUT2D eigenvalue weighted by Crippen LogP contribution is -2.45. The first kappa shape index (κ1) is 17.4. The summed E-state index contributed by atoms with van der Waals surface area (Å²) in [6.07, 6.45) is 2.89. The summed E-state index contributed by atoms with van der Waals surface area (Å²) in [5.41, 5.74) is 0.462. The van der Waals surface area contributed by atoms with E-state index in [9.17, 15) is 19.5 Å². The van der Waals surface area contributed by atoms with E-state index >= 15 is 0 Å². The van der Waals surface area contributed by atoms with Crippen molar-refractivity contribution in [3.63, 3.8) is 0 Å². The van der Waals surface area contributed by atoms with Crippen LogP contribution in [0, 0.1) is 23.7 Å². The number of allylic oxidation sites excluding steroid dienone is 1. The van der Waals surface area contributed by atoms with E-state index in [2.05, 4.69) is 11.9 Å². The molecule has 4 unspecified atom stereocenters. The van der Waals surface area contributed by atoms with Crippen molar-refractivity contribution >= 4 is 18.5 Å². The number of aliphatic carboxylic acids is 1. The van der Waals surface area contributed by atoms with E-state index in [4.69, 9.17) is 0 Å². The van der Waals surface area contributed by atoms with Gasteiger partial charge >= 0.3 is 5.97 Å². The molecule has 0 heterocycles. The van der Waals surface area contributed by atoms with Crippen LogP contribution in [-0.2, 0) is 14.4 Å². The van der Waals surface area contributed by atoms with E-state index in [1.165, 1.54) is 0 Å². The molecule has 0 amide bonds. The predicted molar refractivity (Wildman–Crippen MR) is 79.6 cm³/mol. The van der Waals surface area contributed by atoms with Crippen molar-refractivity contribution in [2.24, 2.45) is 23.7 Å². The van der Waals surface area contributed by atoms with Crippen LogP contribution in [-0.4, -0.2) is 29.2 Å². The Bertz CT molecular complexity index is 430. The smallest absolute Gasteiger partial charge is 0.307 e. The SMILES string of the molecule is C=C(NC(C)(C)CC)C1CC(C=O)C(C=O)CC1C(=O)O. The van der Waals surface area contributed by atoms with Crippen LogP contribution in [0.2, 0.25) is 0 Å². The van der Waals surface area contributed by atoms with Gasteiger partial charge in [0.2, 0.25) is 0 Å². The molecule has 1 rings (SSSR count). The van der Waals surface area contributed by atoms with Crippen LogP contribution in [0.3, 0.4) is 0 Å². The van der Waals surface area contributed by atoms with Gasteiger partial charge in [-0.25, -0.2) is 0 Å². The lowest BCUT2D eigenvalue weighted by molar-refractivity contribution is -0.147. The first-order valence-corrected chi connectivity index (χ1v) is 7.36. The molecule has 0 aliphatic heterocycles. The summed E-state index contributed by atoms with van der Waals surface area (Å²) in [5.74, 6) is -2.88. The Morgan fingerprint density at radius 1 is 1.24 bits per heavy atom. The van der Waals surface area contributed by atoms with E-state index in [1.807, 2.05) is 20.8 Å². The molecule has 0 radical (unpaired) electrons. The minimum Gasteiger partial charge on any atom is -0.481 e. The Kier molecular flexibility index (Phi) is 5.70. The zero-order chi connectivity index (χ0) is 16.2. The quantitative estimate of drug-likeness (QED) is 0.702. The van der Waals surface area contributed by atoms with E-state index < -0.39 is 23.7 Å². The Morgan fingerprint density at radius 3 is 2.10 bits per heavy atom. The Labute approximate surface area is 125 Å². The van der Waals surface area contributed by atoms with Gasteiger partial charge in [0.1, 0.15) is 12.6 Å². The highest BCUT2D eigenvalue weighted by Crippen LogP contribution is 2.39. The fourth-order valence-electron chi connectivity index (χ4n) is 2.85. The van der Waals surface area contributed by atoms with Gasteiger partial charge in [0.05, 0.1) is 5.92 Å². The summed E-state index contributed by atoms with van der Waals surface area (Å²) in [5, 5.41) is 12.7. The van der Waals surface area contributed by atoms with Crippen molar-refractivity contribution in [3.8, 4) is 0 Å². The molecule has 5 heteroatoms. The lowest BCUT2D eigenvalue weighted by atomic mass is 9.68. The number of carbonyl (C=O) groups is 3. The average molecular weight is 295 g/mol. The summed E-state index contributed by atoms with van der Waals surface area (Å²) in [6.45, 7) is 10.1. The molecule has 1 aliphatic rings. The Morgan fingerprint density at radius 2 is 1.71 bits per heavy atom. The van der Waals surface area contributed by atoms with E-state index in [0.717, 1.165) is 12.7 Å². The van der Waals surface area contributed by atoms with Crippen molar-refractivity contribution < 1.29 is 19.5 Å². The standard InChI is InChI=1S/C16H25NO4/c1-5-16(3,4)17-10(2)13-6-11(8-18)12(9-19)7-14(13)15(20)21/h8-9,11-14,17H,2,5-7H2,1,3-4H3,(H,20,21). The molecule has 21 heavy (non-hydrogen) atoms. The highest BCUT2D eigenvalue weighted by atomic mass is 16.4. The third-order valence-electron chi connectivity index (χ3n) is 4.59. The second-order valence-electron chi connectivity index (χ2n) is 6.51. The van der Waals surface area contributed by atoms with Crippen LogP contribution in [0.25, 0.3) is 0 Å². The predicted octanol–water partition coefficient (Wildman–Crippen LogP) is 2.02. The number of hydrogen-bond donors (Lipinski definition) is 2. The van der Waals surface area contributed by atoms with Gasteiger partial charge in [-0.2, -0.15) is 0 Å². The van der Waals surface area contributed by atoms with Crippen LogP contribution in [0.4, 0.5) is 0 Å². The third-order valence-corrected chi connectivity index (χ3v) is 4.59. The van der Waals surface area contributed by atoms with Crippen molar-refractivity contribution in [2.45, 2.75) is 45.6 Å². The molecule has 0 aromatic carbocycles. The molecule has 0 aromatic rings. The minimum atomic E-state index is -0.937. The molecule has 1 saturated carbocycles. The van der Waals surface area contributed by atoms with E-state index in [0.29, 0.717) is 18.4 Å². The van der Waals surface area contributed by atoms with Gasteiger partial charge in [0, 0.05) is 29.0 Å². The van der Waals surface area contributed by atoms with Crippen LogP contribution < -0.4 is 5.32 Å². The molecule has 5 nitrogen and oxygen atoms in total. The van der Waals surface area contributed by atoms with Gasteiger partial charge in [-0.3, -0.25) is 4.79 Å². The molecular weight excluding hydrogens is 270 g/mol. The normalized spacial score (nSPS) is 29.5. The number of rotatable bonds is 7. The molecular formula is C16H25NO4. The van der Waals surface area contributed by atoms with Crippen LogP contribution in [0.5, 0.6) is 0 Å². The van der Waals surface area contributed by atoms with Gasteiger partial charge in [-0.1, -0.05) is 13.5 Å². The highest BCUT2D eigenvalue weighted by molar-refractivity contribution is 5.74. The Hall–Kier alpha value is -1.65. The molecule has 2 N–H and O–H groups in total. The molecule has 4 atom stereocenters. The second kappa shape index (κ2) is 6.87. The first-order chi connectivity index (χ1) is 9.75. The van der Waals surface area contributed by atoms with Gasteiger partial charge in [-0.05, 0) is 33.1 Å². The maximum absolute atomic E-state index is 11.5. The molecule has 1 fully saturated rings. The number of carboxylic acids is 1. The number of aldehydes is 2. The lowest BCUT2D eigenvalue weighted by Gasteiger charge is -2.39. The third kappa shape index (κ3) is 4.16. The average Bonchev–Trinajstić information content (AvgIpc) is 2.45. The summed E-state index contributed by atoms with van der Waals surface area (Å²) in [7, 11) is 0. The maximum Gasteiger partial charge on any atom is 0.307 e. The fourth-order valence-corrected chi connectivity index (χ4v) is 2.85. The summed E-state index contributed by atoms with van der Waals surface area (Å²) >= 11 is 0. The zero-order valence-corrected chi connectivity index (χ0v) is 13.0. The number of carbonyl (C=O) groups excluding carboxylic acids is 2. The van der Waals surface area contributed by atoms with Crippen molar-refractivity contribution in [2.75, 3.05) is 0 Å². The molecule has 0 bridgehead atoms. The summed E-state index contributed by atoms with van der Waals surface area (Å²) in [4.78, 5) is 33.7. The monoisotopic (exact) mass is 295 g/mol. The minimum absolute atomic E-state index is 0.182. The molecule has 1 aliphatic carbocycles. The Balaban J connectivity index is 2.95. The van der Waals surface area contributed by atoms with Crippen molar-refractivity contribution in [1.29, 1.82) is 0 Å². The van der Waals surface area contributed by atoms with Crippen LogP contribution >= 0.6 is 0 Å². The van der Waals surface area contributed by atoms with Crippen molar-refractivity contribution in [1.82, 2.24) is 5.32 Å². The van der Waals surface area contributed by atoms with E-state index in [-0.39, 0.29) is 17.9 Å². The summed E-state index contributed by atoms with van der Waals surface area (Å²) in [6, 6.07) is 0. The fraction of sp³-hybridized carbons (Fsp3) is 0.688. The van der Waals surface area contributed by atoms with Crippen LogP contribution in [0.15, 0.2) is 12.3 Å². The largest absolute Gasteiger partial charge is 0.481 e. The van der Waals surface area contributed by atoms with E-state index in [1.54, 1.807) is 0 Å². The highest BCUT2D eigenvalue weighted by Gasteiger charge is 2.42. The van der Waals surface area contributed by atoms with Crippen molar-refractivity contribution in [3.05, 3.63) is 12.3 Å². The van der Waals surface area contributed by atoms with Gasteiger partial charge in [-0.15, -0.1) is 0 Å². The molecule has 0 aromatic heterocycles. The van der Waals surface area contributed by atoms with Gasteiger partial charge in [0.25, 0.3) is 0 Å². The maximum atomic E-state index is 11.5. The number of nitrogens with one attached hydrogen (secondary N) is 1. The molecule has 0 spiro atoms. The molecule has 0 saturated heterocycles. The topological polar surface area (TPSA) is 83.5 Å². The number of hydrogen-bond acceptors (Lipinski definition) is 4.